The highest BCUT2D eigenvalue weighted by atomic mass is 79.9. The highest BCUT2D eigenvalue weighted by molar-refractivity contribution is 9.10. The second-order valence-electron chi connectivity index (χ2n) is 4.46. The molecule has 20 heavy (non-hydrogen) atoms. The lowest BCUT2D eigenvalue weighted by Crippen LogP contribution is -2.16. The number of anilines is 1. The fourth-order valence-electron chi connectivity index (χ4n) is 1.85. The first-order valence-corrected chi connectivity index (χ1v) is 6.75. The quantitative estimate of drug-likeness (QED) is 0.891. The van der Waals surface area contributed by atoms with Gasteiger partial charge in [0.05, 0.1) is 6.42 Å². The first-order valence-electron chi connectivity index (χ1n) is 5.95. The summed E-state index contributed by atoms with van der Waals surface area (Å²) in [6, 6.07) is 9.60. The zero-order valence-electron chi connectivity index (χ0n) is 10.7. The molecule has 0 radical (unpaired) electrons. The molecule has 0 fully saturated rings. The molecule has 0 bridgehead atoms. The van der Waals surface area contributed by atoms with Crippen LogP contribution in [0.4, 0.5) is 14.5 Å². The molecule has 1 N–H and O–H groups in total. The summed E-state index contributed by atoms with van der Waals surface area (Å²) in [4.78, 5) is 11.8. The number of carbonyl (C=O) groups excluding carboxylic acids is 1. The van der Waals surface area contributed by atoms with Gasteiger partial charge in [-0.3, -0.25) is 4.79 Å². The fourth-order valence-corrected chi connectivity index (χ4v) is 2.25. The number of nitrogens with one attached hydrogen (secondary N) is 1. The average Bonchev–Trinajstić information content (AvgIpc) is 2.33. The Morgan fingerprint density at radius 3 is 2.45 bits per heavy atom. The molecule has 0 aliphatic rings. The van der Waals surface area contributed by atoms with Crippen molar-refractivity contribution in [1.82, 2.24) is 0 Å². The predicted octanol–water partition coefficient (Wildman–Crippen LogP) is 4.22. The first kappa shape index (κ1) is 14.7. The van der Waals surface area contributed by atoms with Crippen molar-refractivity contribution in [3.63, 3.8) is 0 Å². The molecule has 2 aromatic carbocycles. The van der Waals surface area contributed by atoms with E-state index in [0.29, 0.717) is 0 Å². The van der Waals surface area contributed by atoms with Crippen LogP contribution in [0.3, 0.4) is 0 Å². The number of carbonyl (C=O) groups is 1. The largest absolute Gasteiger partial charge is 0.321 e. The van der Waals surface area contributed by atoms with Crippen molar-refractivity contribution in [2.45, 2.75) is 13.3 Å². The van der Waals surface area contributed by atoms with Crippen LogP contribution in [0.25, 0.3) is 0 Å². The molecule has 0 aliphatic heterocycles. The molecule has 0 aliphatic carbocycles. The SMILES string of the molecule is Cc1cccc(CC(=O)Nc2c(F)cc(Br)cc2F)c1. The van der Waals surface area contributed by atoms with Gasteiger partial charge in [0.2, 0.25) is 5.91 Å². The zero-order chi connectivity index (χ0) is 14.7. The highest BCUT2D eigenvalue weighted by Crippen LogP contribution is 2.23. The number of rotatable bonds is 3. The average molecular weight is 340 g/mol. The maximum absolute atomic E-state index is 13.6. The minimum absolute atomic E-state index is 0.0661. The second-order valence-corrected chi connectivity index (χ2v) is 5.37. The molecule has 0 saturated heterocycles. The molecule has 2 nitrogen and oxygen atoms in total. The van der Waals surface area contributed by atoms with Gasteiger partial charge in [0.15, 0.2) is 11.6 Å². The normalized spacial score (nSPS) is 10.4. The predicted molar refractivity (Wildman–Crippen MR) is 77.6 cm³/mol. The van der Waals surface area contributed by atoms with Crippen molar-refractivity contribution in [3.8, 4) is 0 Å². The number of amides is 1. The third-order valence-corrected chi connectivity index (χ3v) is 3.18. The van der Waals surface area contributed by atoms with Gasteiger partial charge in [0.1, 0.15) is 5.69 Å². The lowest BCUT2D eigenvalue weighted by atomic mass is 10.1. The van der Waals surface area contributed by atoms with E-state index >= 15 is 0 Å². The lowest BCUT2D eigenvalue weighted by Gasteiger charge is -2.08. The van der Waals surface area contributed by atoms with E-state index in [-0.39, 0.29) is 10.9 Å². The topological polar surface area (TPSA) is 29.1 Å². The molecule has 0 heterocycles. The molecule has 104 valence electrons. The van der Waals surface area contributed by atoms with E-state index in [1.54, 1.807) is 6.07 Å². The molecular weight excluding hydrogens is 328 g/mol. The number of hydrogen-bond acceptors (Lipinski definition) is 1. The summed E-state index contributed by atoms with van der Waals surface area (Å²) in [6.07, 6.45) is 0.0661. The van der Waals surface area contributed by atoms with Gasteiger partial charge >= 0.3 is 0 Å². The molecule has 0 unspecified atom stereocenters. The van der Waals surface area contributed by atoms with E-state index in [1.165, 1.54) is 0 Å². The van der Waals surface area contributed by atoms with Crippen LogP contribution in [0.1, 0.15) is 11.1 Å². The maximum Gasteiger partial charge on any atom is 0.228 e. The van der Waals surface area contributed by atoms with Crippen molar-refractivity contribution in [2.24, 2.45) is 0 Å². The van der Waals surface area contributed by atoms with E-state index in [1.807, 2.05) is 25.1 Å². The minimum atomic E-state index is -0.811. The summed E-state index contributed by atoms with van der Waals surface area (Å²) in [5, 5.41) is 2.26. The Kier molecular flexibility index (Phi) is 4.49. The van der Waals surface area contributed by atoms with Gasteiger partial charge in [-0.1, -0.05) is 45.8 Å². The highest BCUT2D eigenvalue weighted by Gasteiger charge is 2.13. The van der Waals surface area contributed by atoms with Crippen LogP contribution in [0, 0.1) is 18.6 Å². The summed E-state index contributed by atoms with van der Waals surface area (Å²) >= 11 is 2.98. The zero-order valence-corrected chi connectivity index (χ0v) is 12.3. The van der Waals surface area contributed by atoms with Gasteiger partial charge in [-0.15, -0.1) is 0 Å². The van der Waals surface area contributed by atoms with Gasteiger partial charge in [0.25, 0.3) is 0 Å². The molecule has 0 atom stereocenters. The van der Waals surface area contributed by atoms with Crippen molar-refractivity contribution in [3.05, 3.63) is 63.6 Å². The van der Waals surface area contributed by atoms with Crippen molar-refractivity contribution in [2.75, 3.05) is 5.32 Å². The Morgan fingerprint density at radius 2 is 1.85 bits per heavy atom. The monoisotopic (exact) mass is 339 g/mol. The van der Waals surface area contributed by atoms with E-state index < -0.39 is 23.2 Å². The van der Waals surface area contributed by atoms with Gasteiger partial charge in [-0.05, 0) is 24.6 Å². The van der Waals surface area contributed by atoms with Crippen LogP contribution >= 0.6 is 15.9 Å². The molecular formula is C15H12BrF2NO. The van der Waals surface area contributed by atoms with E-state index in [9.17, 15) is 13.6 Å². The van der Waals surface area contributed by atoms with Crippen LogP contribution in [0.15, 0.2) is 40.9 Å². The fraction of sp³-hybridized carbons (Fsp3) is 0.133. The van der Waals surface area contributed by atoms with Crippen LogP contribution in [0.2, 0.25) is 0 Å². The van der Waals surface area contributed by atoms with E-state index in [2.05, 4.69) is 21.2 Å². The molecule has 2 aromatic rings. The van der Waals surface area contributed by atoms with Gasteiger partial charge in [-0.2, -0.15) is 0 Å². The van der Waals surface area contributed by atoms with Gasteiger partial charge < -0.3 is 5.32 Å². The minimum Gasteiger partial charge on any atom is -0.321 e. The Labute approximate surface area is 123 Å². The third kappa shape index (κ3) is 3.63. The molecule has 5 heteroatoms. The summed E-state index contributed by atoms with van der Waals surface area (Å²) in [7, 11) is 0. The number of hydrogen-bond donors (Lipinski definition) is 1. The van der Waals surface area contributed by atoms with Gasteiger partial charge in [0, 0.05) is 4.47 Å². The molecule has 0 saturated carbocycles. The Hall–Kier alpha value is -1.75. The van der Waals surface area contributed by atoms with Crippen molar-refractivity contribution < 1.29 is 13.6 Å². The Morgan fingerprint density at radius 1 is 1.20 bits per heavy atom. The summed E-state index contributed by atoms with van der Waals surface area (Å²) < 4.78 is 27.5. The lowest BCUT2D eigenvalue weighted by molar-refractivity contribution is -0.115. The van der Waals surface area contributed by atoms with Gasteiger partial charge in [-0.25, -0.2) is 8.78 Å². The Bertz CT molecular complexity index is 635. The van der Waals surface area contributed by atoms with E-state index in [0.717, 1.165) is 23.3 Å². The third-order valence-electron chi connectivity index (χ3n) is 2.72. The van der Waals surface area contributed by atoms with Crippen LogP contribution in [-0.4, -0.2) is 5.91 Å². The van der Waals surface area contributed by atoms with Crippen LogP contribution < -0.4 is 5.32 Å². The Balaban J connectivity index is 2.13. The number of aryl methyl sites for hydroxylation is 1. The maximum atomic E-state index is 13.6. The summed E-state index contributed by atoms with van der Waals surface area (Å²) in [5.41, 5.74) is 1.39. The second kappa shape index (κ2) is 6.13. The molecule has 2 rings (SSSR count). The smallest absolute Gasteiger partial charge is 0.228 e. The van der Waals surface area contributed by atoms with Crippen LogP contribution in [-0.2, 0) is 11.2 Å². The van der Waals surface area contributed by atoms with E-state index in [4.69, 9.17) is 0 Å². The number of benzene rings is 2. The molecule has 0 aromatic heterocycles. The first-order chi connectivity index (χ1) is 9.45. The van der Waals surface area contributed by atoms with Crippen LogP contribution in [0.5, 0.6) is 0 Å². The summed E-state index contributed by atoms with van der Waals surface area (Å²) in [6.45, 7) is 1.91. The van der Waals surface area contributed by atoms with Crippen molar-refractivity contribution >= 4 is 27.5 Å². The number of halogens is 3. The molecule has 1 amide bonds. The summed E-state index contributed by atoms with van der Waals surface area (Å²) in [5.74, 6) is -2.08. The standard InChI is InChI=1S/C15H12BrF2NO/c1-9-3-2-4-10(5-9)6-14(20)19-15-12(17)7-11(16)8-13(15)18/h2-5,7-8H,6H2,1H3,(H,19,20). The van der Waals surface area contributed by atoms with Crippen molar-refractivity contribution in [1.29, 1.82) is 0 Å². The molecule has 0 spiro atoms.